The third kappa shape index (κ3) is 3.63. The van der Waals surface area contributed by atoms with Crippen LogP contribution in [-0.2, 0) is 16.6 Å². The topological polar surface area (TPSA) is 107 Å². The maximum Gasteiger partial charge on any atom is 0.270 e. The first-order valence-corrected chi connectivity index (χ1v) is 9.19. The molecule has 0 aliphatic heterocycles. The predicted octanol–water partition coefficient (Wildman–Crippen LogP) is 2.57. The van der Waals surface area contributed by atoms with Gasteiger partial charge in [0, 0.05) is 31.1 Å². The fourth-order valence-corrected chi connectivity index (χ4v) is 3.59. The van der Waals surface area contributed by atoms with Gasteiger partial charge in [-0.1, -0.05) is 24.3 Å². The minimum atomic E-state index is -3.89. The molecule has 134 valence electrons. The van der Waals surface area contributed by atoms with Crippen LogP contribution in [0.4, 0.5) is 5.69 Å². The molecule has 1 heterocycles. The number of aryl methyl sites for hydroxylation is 1. The lowest BCUT2D eigenvalue weighted by Gasteiger charge is -2.13. The summed E-state index contributed by atoms with van der Waals surface area (Å²) in [4.78, 5) is 14.2. The lowest BCUT2D eigenvalue weighted by Crippen LogP contribution is -2.24. The Morgan fingerprint density at radius 1 is 1.19 bits per heavy atom. The Hall–Kier alpha value is -3.04. The molecule has 0 radical (unpaired) electrons. The standard InChI is InChI=1S/C17H16N4O4S/c1-13-18-9-10-20(13)17-8-3-2-5-14(17)12-19-26(24,25)16-7-4-6-15(11-16)21(22)23/h2-11,19H,12H2,1H3. The monoisotopic (exact) mass is 372 g/mol. The third-order valence-electron chi connectivity index (χ3n) is 3.87. The van der Waals surface area contributed by atoms with E-state index in [2.05, 4.69) is 9.71 Å². The minimum Gasteiger partial charge on any atom is -0.304 e. The number of non-ortho nitro benzene ring substituents is 1. The Morgan fingerprint density at radius 2 is 1.96 bits per heavy atom. The fraction of sp³-hybridized carbons (Fsp3) is 0.118. The molecule has 0 spiro atoms. The molecule has 2 aromatic carbocycles. The Kier molecular flexibility index (Phi) is 4.83. The predicted molar refractivity (Wildman–Crippen MR) is 95.4 cm³/mol. The number of nitrogens with zero attached hydrogens (tertiary/aromatic N) is 3. The normalized spacial score (nSPS) is 11.4. The maximum absolute atomic E-state index is 12.5. The lowest BCUT2D eigenvalue weighted by atomic mass is 10.2. The number of hydrogen-bond acceptors (Lipinski definition) is 5. The van der Waals surface area contributed by atoms with E-state index >= 15 is 0 Å². The molecule has 0 fully saturated rings. The van der Waals surface area contributed by atoms with Gasteiger partial charge < -0.3 is 4.57 Å². The molecule has 1 aromatic heterocycles. The van der Waals surface area contributed by atoms with Gasteiger partial charge in [0.25, 0.3) is 5.69 Å². The number of aromatic nitrogens is 2. The van der Waals surface area contributed by atoms with E-state index in [0.717, 1.165) is 23.1 Å². The zero-order chi connectivity index (χ0) is 18.7. The van der Waals surface area contributed by atoms with Gasteiger partial charge in [0.2, 0.25) is 10.0 Å². The van der Waals surface area contributed by atoms with E-state index in [4.69, 9.17) is 0 Å². The van der Waals surface area contributed by atoms with Gasteiger partial charge in [-0.25, -0.2) is 18.1 Å². The van der Waals surface area contributed by atoms with Gasteiger partial charge in [0.15, 0.2) is 0 Å². The molecule has 0 unspecified atom stereocenters. The number of benzene rings is 2. The first kappa shape index (κ1) is 17.8. The van der Waals surface area contributed by atoms with Crippen LogP contribution < -0.4 is 4.72 Å². The van der Waals surface area contributed by atoms with Gasteiger partial charge in [0.05, 0.1) is 15.5 Å². The molecular weight excluding hydrogens is 356 g/mol. The number of nitro benzene ring substituents is 1. The van der Waals surface area contributed by atoms with Crippen LogP contribution in [0.15, 0.2) is 65.8 Å². The first-order chi connectivity index (χ1) is 12.4. The zero-order valence-corrected chi connectivity index (χ0v) is 14.7. The van der Waals surface area contributed by atoms with Gasteiger partial charge >= 0.3 is 0 Å². The van der Waals surface area contributed by atoms with Crippen molar-refractivity contribution in [3.8, 4) is 5.69 Å². The van der Waals surface area contributed by atoms with Crippen LogP contribution in [0.3, 0.4) is 0 Å². The van der Waals surface area contributed by atoms with Crippen molar-refractivity contribution in [1.82, 2.24) is 14.3 Å². The van der Waals surface area contributed by atoms with Crippen LogP contribution in [0.25, 0.3) is 5.69 Å². The van der Waals surface area contributed by atoms with Gasteiger partial charge in [0.1, 0.15) is 5.82 Å². The molecular formula is C17H16N4O4S. The van der Waals surface area contributed by atoms with Crippen molar-refractivity contribution < 1.29 is 13.3 Å². The summed E-state index contributed by atoms with van der Waals surface area (Å²) in [6, 6.07) is 12.3. The smallest absolute Gasteiger partial charge is 0.270 e. The average molecular weight is 372 g/mol. The summed E-state index contributed by atoms with van der Waals surface area (Å²) < 4.78 is 29.3. The second-order valence-electron chi connectivity index (χ2n) is 5.55. The molecule has 9 heteroatoms. The number of para-hydroxylation sites is 1. The number of imidazole rings is 1. The van der Waals surface area contributed by atoms with E-state index in [9.17, 15) is 18.5 Å². The summed E-state index contributed by atoms with van der Waals surface area (Å²) in [5.41, 5.74) is 1.29. The van der Waals surface area contributed by atoms with Gasteiger partial charge in [-0.2, -0.15) is 0 Å². The van der Waals surface area contributed by atoms with Crippen molar-refractivity contribution in [2.75, 3.05) is 0 Å². The molecule has 26 heavy (non-hydrogen) atoms. The van der Waals surface area contributed by atoms with Crippen LogP contribution >= 0.6 is 0 Å². The lowest BCUT2D eigenvalue weighted by molar-refractivity contribution is -0.385. The summed E-state index contributed by atoms with van der Waals surface area (Å²) in [5, 5.41) is 10.8. The highest BCUT2D eigenvalue weighted by atomic mass is 32.2. The molecule has 3 aromatic rings. The summed E-state index contributed by atoms with van der Waals surface area (Å²) in [5.74, 6) is 0.777. The van der Waals surface area contributed by atoms with Crippen molar-refractivity contribution in [3.05, 3.63) is 82.4 Å². The van der Waals surface area contributed by atoms with Crippen molar-refractivity contribution in [3.63, 3.8) is 0 Å². The number of sulfonamides is 1. The molecule has 0 saturated carbocycles. The zero-order valence-electron chi connectivity index (χ0n) is 13.9. The minimum absolute atomic E-state index is 0.0405. The summed E-state index contributed by atoms with van der Waals surface area (Å²) in [6.45, 7) is 1.89. The maximum atomic E-state index is 12.5. The molecule has 0 saturated heterocycles. The Bertz CT molecular complexity index is 1060. The summed E-state index contributed by atoms with van der Waals surface area (Å²) in [7, 11) is -3.89. The molecule has 0 atom stereocenters. The largest absolute Gasteiger partial charge is 0.304 e. The second kappa shape index (κ2) is 7.06. The first-order valence-electron chi connectivity index (χ1n) is 7.71. The Morgan fingerprint density at radius 3 is 2.65 bits per heavy atom. The highest BCUT2D eigenvalue weighted by Crippen LogP contribution is 2.19. The molecule has 0 amide bonds. The SMILES string of the molecule is Cc1nccn1-c1ccccc1CNS(=O)(=O)c1cccc([N+](=O)[O-])c1. The number of rotatable bonds is 6. The van der Waals surface area contributed by atoms with E-state index in [-0.39, 0.29) is 17.1 Å². The number of nitro groups is 1. The number of hydrogen-bond donors (Lipinski definition) is 1. The van der Waals surface area contributed by atoms with E-state index in [1.54, 1.807) is 12.4 Å². The van der Waals surface area contributed by atoms with E-state index in [1.165, 1.54) is 18.2 Å². The van der Waals surface area contributed by atoms with Crippen molar-refractivity contribution in [2.24, 2.45) is 0 Å². The van der Waals surface area contributed by atoms with E-state index in [0.29, 0.717) is 0 Å². The summed E-state index contributed by atoms with van der Waals surface area (Å²) >= 11 is 0. The van der Waals surface area contributed by atoms with Gasteiger partial charge in [-0.05, 0) is 24.6 Å². The third-order valence-corrected chi connectivity index (χ3v) is 5.27. The highest BCUT2D eigenvalue weighted by Gasteiger charge is 2.18. The van der Waals surface area contributed by atoms with Crippen LogP contribution in [0.5, 0.6) is 0 Å². The van der Waals surface area contributed by atoms with Crippen LogP contribution in [-0.4, -0.2) is 22.9 Å². The van der Waals surface area contributed by atoms with Gasteiger partial charge in [-0.3, -0.25) is 10.1 Å². The molecule has 8 nitrogen and oxygen atoms in total. The number of nitrogens with one attached hydrogen (secondary N) is 1. The van der Waals surface area contributed by atoms with Crippen molar-refractivity contribution in [1.29, 1.82) is 0 Å². The second-order valence-corrected chi connectivity index (χ2v) is 7.32. The summed E-state index contributed by atoms with van der Waals surface area (Å²) in [6.07, 6.45) is 3.46. The van der Waals surface area contributed by atoms with Crippen molar-refractivity contribution >= 4 is 15.7 Å². The van der Waals surface area contributed by atoms with E-state index in [1.807, 2.05) is 35.8 Å². The average Bonchev–Trinajstić information content (AvgIpc) is 3.06. The fourth-order valence-electron chi connectivity index (χ4n) is 2.55. The van der Waals surface area contributed by atoms with Crippen LogP contribution in [0, 0.1) is 17.0 Å². The van der Waals surface area contributed by atoms with Gasteiger partial charge in [-0.15, -0.1) is 0 Å². The Labute approximate surface area is 150 Å². The molecule has 3 rings (SSSR count). The van der Waals surface area contributed by atoms with Crippen molar-refractivity contribution in [2.45, 2.75) is 18.4 Å². The quantitative estimate of drug-likeness (QED) is 0.528. The molecule has 0 aliphatic rings. The Balaban J connectivity index is 1.87. The van der Waals surface area contributed by atoms with Crippen LogP contribution in [0.1, 0.15) is 11.4 Å². The highest BCUT2D eigenvalue weighted by molar-refractivity contribution is 7.89. The van der Waals surface area contributed by atoms with Crippen LogP contribution in [0.2, 0.25) is 0 Å². The molecule has 0 bridgehead atoms. The molecule has 0 aliphatic carbocycles. The van der Waals surface area contributed by atoms with E-state index < -0.39 is 14.9 Å². The molecule has 1 N–H and O–H groups in total.